The molecular formula is C12H20N2OS. The molecule has 1 N–H and O–H groups in total. The minimum atomic E-state index is 0.0355. The van der Waals surface area contributed by atoms with Gasteiger partial charge in [-0.1, -0.05) is 37.9 Å². The minimum absolute atomic E-state index is 0.0355. The van der Waals surface area contributed by atoms with Gasteiger partial charge in [-0.05, 0) is 26.0 Å². The largest absolute Gasteiger partial charge is 0.301 e. The molecule has 0 atom stereocenters. The number of aromatic nitrogens is 2. The van der Waals surface area contributed by atoms with Crippen LogP contribution in [0.3, 0.4) is 0 Å². The van der Waals surface area contributed by atoms with Gasteiger partial charge in [0, 0.05) is 11.3 Å². The van der Waals surface area contributed by atoms with Crippen LogP contribution in [0.4, 0.5) is 0 Å². The fourth-order valence-corrected chi connectivity index (χ4v) is 2.13. The molecule has 0 saturated heterocycles. The van der Waals surface area contributed by atoms with E-state index in [1.807, 2.05) is 13.2 Å². The van der Waals surface area contributed by atoms with Gasteiger partial charge in [0.2, 0.25) is 0 Å². The van der Waals surface area contributed by atoms with Crippen molar-refractivity contribution in [3.8, 4) is 0 Å². The summed E-state index contributed by atoms with van der Waals surface area (Å²) in [5.41, 5.74) is 1.77. The van der Waals surface area contributed by atoms with Gasteiger partial charge in [0.25, 0.3) is 5.56 Å². The molecule has 0 amide bonds. The van der Waals surface area contributed by atoms with Crippen LogP contribution in [0.1, 0.15) is 43.9 Å². The first-order chi connectivity index (χ1) is 7.69. The molecule has 0 aliphatic heterocycles. The van der Waals surface area contributed by atoms with E-state index in [-0.39, 0.29) is 5.56 Å². The van der Waals surface area contributed by atoms with Crippen LogP contribution in [0.15, 0.2) is 9.95 Å². The maximum absolute atomic E-state index is 11.8. The Kier molecular flexibility index (Phi) is 5.60. The average molecular weight is 240 g/mol. The standard InChI is InChI=1S/C12H20N2OS/c1-4-5-6-7-8-10-9(2)13-12(16-3)14-11(10)15/h4-8H2,1-3H3,(H,13,14,15). The van der Waals surface area contributed by atoms with E-state index >= 15 is 0 Å². The van der Waals surface area contributed by atoms with E-state index in [9.17, 15) is 4.79 Å². The Morgan fingerprint density at radius 3 is 2.62 bits per heavy atom. The molecule has 0 fully saturated rings. The second kappa shape index (κ2) is 6.74. The summed E-state index contributed by atoms with van der Waals surface area (Å²) < 4.78 is 0. The van der Waals surface area contributed by atoms with Crippen LogP contribution in [0.25, 0.3) is 0 Å². The van der Waals surface area contributed by atoms with E-state index in [1.54, 1.807) is 0 Å². The summed E-state index contributed by atoms with van der Waals surface area (Å²) in [6, 6.07) is 0. The van der Waals surface area contributed by atoms with Crippen molar-refractivity contribution in [1.82, 2.24) is 9.97 Å². The molecule has 0 spiro atoms. The number of hydrogen-bond donors (Lipinski definition) is 1. The summed E-state index contributed by atoms with van der Waals surface area (Å²) in [6.45, 7) is 4.11. The van der Waals surface area contributed by atoms with Crippen molar-refractivity contribution in [1.29, 1.82) is 0 Å². The van der Waals surface area contributed by atoms with Gasteiger partial charge >= 0.3 is 0 Å². The number of unbranched alkanes of at least 4 members (excludes halogenated alkanes) is 3. The number of nitrogens with zero attached hydrogens (tertiary/aromatic N) is 1. The third-order valence-corrected chi connectivity index (χ3v) is 3.25. The molecule has 0 saturated carbocycles. The molecule has 1 heterocycles. The van der Waals surface area contributed by atoms with Crippen molar-refractivity contribution in [2.24, 2.45) is 0 Å². The lowest BCUT2D eigenvalue weighted by Gasteiger charge is -2.05. The zero-order valence-corrected chi connectivity index (χ0v) is 11.1. The van der Waals surface area contributed by atoms with Gasteiger partial charge in [-0.15, -0.1) is 0 Å². The summed E-state index contributed by atoms with van der Waals surface area (Å²) >= 11 is 1.47. The number of aryl methyl sites for hydroxylation is 1. The molecule has 0 aliphatic rings. The first-order valence-electron chi connectivity index (χ1n) is 5.82. The highest BCUT2D eigenvalue weighted by atomic mass is 32.2. The predicted molar refractivity (Wildman–Crippen MR) is 69.2 cm³/mol. The fourth-order valence-electron chi connectivity index (χ4n) is 1.70. The number of aromatic amines is 1. The summed E-state index contributed by atoms with van der Waals surface area (Å²) in [4.78, 5) is 18.9. The Balaban J connectivity index is 2.69. The van der Waals surface area contributed by atoms with Gasteiger partial charge in [-0.3, -0.25) is 4.79 Å². The van der Waals surface area contributed by atoms with Crippen LogP contribution in [0, 0.1) is 6.92 Å². The number of H-pyrrole nitrogens is 1. The second-order valence-electron chi connectivity index (χ2n) is 3.95. The number of rotatable bonds is 6. The van der Waals surface area contributed by atoms with Crippen LogP contribution in [-0.4, -0.2) is 16.2 Å². The van der Waals surface area contributed by atoms with Crippen molar-refractivity contribution >= 4 is 11.8 Å². The lowest BCUT2D eigenvalue weighted by molar-refractivity contribution is 0.658. The maximum Gasteiger partial charge on any atom is 0.254 e. The van der Waals surface area contributed by atoms with E-state index in [0.717, 1.165) is 24.1 Å². The predicted octanol–water partition coefficient (Wildman–Crippen LogP) is 2.92. The van der Waals surface area contributed by atoms with Gasteiger partial charge in [0.05, 0.1) is 0 Å². The summed E-state index contributed by atoms with van der Waals surface area (Å²) in [7, 11) is 0. The Morgan fingerprint density at radius 2 is 2.06 bits per heavy atom. The van der Waals surface area contributed by atoms with Gasteiger partial charge in [0.15, 0.2) is 5.16 Å². The highest BCUT2D eigenvalue weighted by Gasteiger charge is 2.07. The molecule has 1 aromatic heterocycles. The highest BCUT2D eigenvalue weighted by Crippen LogP contribution is 2.11. The van der Waals surface area contributed by atoms with Crippen LogP contribution in [-0.2, 0) is 6.42 Å². The van der Waals surface area contributed by atoms with Gasteiger partial charge in [0.1, 0.15) is 0 Å². The third kappa shape index (κ3) is 3.67. The minimum Gasteiger partial charge on any atom is -0.301 e. The van der Waals surface area contributed by atoms with Crippen molar-refractivity contribution in [3.05, 3.63) is 21.6 Å². The maximum atomic E-state index is 11.8. The zero-order valence-electron chi connectivity index (χ0n) is 10.3. The molecule has 1 aromatic rings. The van der Waals surface area contributed by atoms with Crippen molar-refractivity contribution in [2.45, 2.75) is 51.1 Å². The van der Waals surface area contributed by atoms with E-state index in [2.05, 4.69) is 16.9 Å². The van der Waals surface area contributed by atoms with E-state index in [4.69, 9.17) is 0 Å². The average Bonchev–Trinajstić information content (AvgIpc) is 2.26. The number of hydrogen-bond acceptors (Lipinski definition) is 3. The zero-order chi connectivity index (χ0) is 12.0. The molecule has 1 rings (SSSR count). The summed E-state index contributed by atoms with van der Waals surface area (Å²) in [5, 5.41) is 0.708. The Labute approximate surface area is 101 Å². The van der Waals surface area contributed by atoms with Crippen LogP contribution < -0.4 is 5.56 Å². The molecule has 90 valence electrons. The molecule has 4 heteroatoms. The molecule has 0 bridgehead atoms. The van der Waals surface area contributed by atoms with E-state index in [0.29, 0.717) is 5.16 Å². The van der Waals surface area contributed by atoms with Crippen molar-refractivity contribution in [3.63, 3.8) is 0 Å². The summed E-state index contributed by atoms with van der Waals surface area (Å²) in [5.74, 6) is 0. The van der Waals surface area contributed by atoms with E-state index < -0.39 is 0 Å². The Hall–Kier alpha value is -0.770. The van der Waals surface area contributed by atoms with Crippen LogP contribution in [0.2, 0.25) is 0 Å². The van der Waals surface area contributed by atoms with Crippen molar-refractivity contribution in [2.75, 3.05) is 6.26 Å². The molecule has 0 aliphatic carbocycles. The SMILES string of the molecule is CCCCCCc1c(C)nc(SC)[nH]c1=O. The third-order valence-electron chi connectivity index (χ3n) is 2.67. The van der Waals surface area contributed by atoms with Gasteiger partial charge < -0.3 is 4.98 Å². The van der Waals surface area contributed by atoms with Crippen molar-refractivity contribution < 1.29 is 0 Å². The monoisotopic (exact) mass is 240 g/mol. The van der Waals surface area contributed by atoms with Gasteiger partial charge in [-0.25, -0.2) is 4.98 Å². The molecule has 16 heavy (non-hydrogen) atoms. The molecule has 3 nitrogen and oxygen atoms in total. The molecular weight excluding hydrogens is 220 g/mol. The summed E-state index contributed by atoms with van der Waals surface area (Å²) in [6.07, 6.45) is 7.51. The first-order valence-corrected chi connectivity index (χ1v) is 7.05. The smallest absolute Gasteiger partial charge is 0.254 e. The lowest BCUT2D eigenvalue weighted by Crippen LogP contribution is -2.17. The molecule has 0 unspecified atom stereocenters. The molecule has 0 radical (unpaired) electrons. The lowest BCUT2D eigenvalue weighted by atomic mass is 10.1. The van der Waals surface area contributed by atoms with Gasteiger partial charge in [-0.2, -0.15) is 0 Å². The molecule has 0 aromatic carbocycles. The Bertz CT molecular complexity index is 387. The quantitative estimate of drug-likeness (QED) is 0.472. The fraction of sp³-hybridized carbons (Fsp3) is 0.667. The first kappa shape index (κ1) is 13.3. The highest BCUT2D eigenvalue weighted by molar-refractivity contribution is 7.98. The normalized spacial score (nSPS) is 10.7. The topological polar surface area (TPSA) is 45.8 Å². The second-order valence-corrected chi connectivity index (χ2v) is 4.74. The number of thioether (sulfide) groups is 1. The van der Waals surface area contributed by atoms with E-state index in [1.165, 1.54) is 31.0 Å². The van der Waals surface area contributed by atoms with Crippen LogP contribution >= 0.6 is 11.8 Å². The van der Waals surface area contributed by atoms with Crippen LogP contribution in [0.5, 0.6) is 0 Å². The number of nitrogens with one attached hydrogen (secondary N) is 1. The Morgan fingerprint density at radius 1 is 1.31 bits per heavy atom.